The van der Waals surface area contributed by atoms with Crippen molar-refractivity contribution in [2.45, 2.75) is 19.1 Å². The van der Waals surface area contributed by atoms with E-state index in [4.69, 9.17) is 5.11 Å². The van der Waals surface area contributed by atoms with Gasteiger partial charge in [-0.1, -0.05) is 6.07 Å². The molecule has 2 atom stereocenters. The van der Waals surface area contributed by atoms with Crippen LogP contribution in [0.1, 0.15) is 17.5 Å². The normalized spacial score (nSPS) is 14.8. The fourth-order valence-corrected chi connectivity index (χ4v) is 1.66. The molecule has 1 aromatic heterocycles. The lowest BCUT2D eigenvalue weighted by molar-refractivity contribution is -0.153. The average molecular weight is 236 g/mol. The monoisotopic (exact) mass is 236 g/mol. The van der Waals surface area contributed by atoms with E-state index in [9.17, 15) is 15.0 Å². The van der Waals surface area contributed by atoms with Gasteiger partial charge in [-0.25, -0.2) is 9.78 Å². The van der Waals surface area contributed by atoms with Crippen molar-refractivity contribution < 1.29 is 20.1 Å². The van der Waals surface area contributed by atoms with Crippen LogP contribution in [0.25, 0.3) is 11.0 Å². The number of nitrogens with zero attached hydrogens (tertiary/aromatic N) is 1. The van der Waals surface area contributed by atoms with Crippen molar-refractivity contribution in [1.82, 2.24) is 9.97 Å². The summed E-state index contributed by atoms with van der Waals surface area (Å²) in [5.41, 5.74) is 1.75. The lowest BCUT2D eigenvalue weighted by Gasteiger charge is -2.13. The van der Waals surface area contributed by atoms with Crippen LogP contribution in [0.3, 0.4) is 0 Å². The number of hydrogen-bond acceptors (Lipinski definition) is 4. The molecule has 90 valence electrons. The van der Waals surface area contributed by atoms with Crippen molar-refractivity contribution in [3.05, 3.63) is 29.6 Å². The summed E-state index contributed by atoms with van der Waals surface area (Å²) in [6.45, 7) is 1.79. The van der Waals surface area contributed by atoms with Gasteiger partial charge in [0.15, 0.2) is 6.10 Å². The quantitative estimate of drug-likeness (QED) is 0.615. The number of fused-ring (bicyclic) bond motifs is 1. The Morgan fingerprint density at radius 2 is 2.12 bits per heavy atom. The second-order valence-electron chi connectivity index (χ2n) is 3.83. The van der Waals surface area contributed by atoms with Gasteiger partial charge in [-0.05, 0) is 24.6 Å². The first-order valence-electron chi connectivity index (χ1n) is 5.04. The summed E-state index contributed by atoms with van der Waals surface area (Å²) in [6, 6.07) is 4.78. The van der Waals surface area contributed by atoms with Crippen LogP contribution < -0.4 is 0 Å². The van der Waals surface area contributed by atoms with Gasteiger partial charge in [0.1, 0.15) is 11.9 Å². The fourth-order valence-electron chi connectivity index (χ4n) is 1.66. The Hall–Kier alpha value is -1.92. The van der Waals surface area contributed by atoms with Gasteiger partial charge in [-0.2, -0.15) is 0 Å². The molecule has 0 aliphatic carbocycles. The number of benzene rings is 1. The van der Waals surface area contributed by atoms with Crippen molar-refractivity contribution in [3.63, 3.8) is 0 Å². The number of rotatable bonds is 3. The number of aliphatic hydroxyl groups excluding tert-OH is 2. The minimum absolute atomic E-state index is 0.330. The number of aromatic amines is 1. The Morgan fingerprint density at radius 3 is 2.76 bits per heavy atom. The Morgan fingerprint density at radius 1 is 1.41 bits per heavy atom. The third kappa shape index (κ3) is 2.13. The second kappa shape index (κ2) is 4.15. The number of imidazole rings is 1. The number of aliphatic carboxylic acids is 1. The Bertz CT molecular complexity index is 564. The van der Waals surface area contributed by atoms with Crippen LogP contribution in [0.4, 0.5) is 0 Å². The number of carboxylic acids is 1. The third-order valence-electron chi connectivity index (χ3n) is 2.52. The molecule has 17 heavy (non-hydrogen) atoms. The van der Waals surface area contributed by atoms with Gasteiger partial charge < -0.3 is 20.3 Å². The van der Waals surface area contributed by atoms with Crippen LogP contribution in [0.2, 0.25) is 0 Å². The molecule has 1 aromatic carbocycles. The van der Waals surface area contributed by atoms with Gasteiger partial charge in [-0.15, -0.1) is 0 Å². The molecule has 1 heterocycles. The third-order valence-corrected chi connectivity index (χ3v) is 2.52. The molecule has 0 aliphatic rings. The minimum Gasteiger partial charge on any atom is -0.479 e. The summed E-state index contributed by atoms with van der Waals surface area (Å²) in [6.07, 6.45) is -3.29. The summed E-state index contributed by atoms with van der Waals surface area (Å²) in [4.78, 5) is 17.7. The number of aryl methyl sites for hydroxylation is 1. The second-order valence-corrected chi connectivity index (χ2v) is 3.83. The van der Waals surface area contributed by atoms with Gasteiger partial charge >= 0.3 is 5.97 Å². The zero-order valence-electron chi connectivity index (χ0n) is 9.08. The van der Waals surface area contributed by atoms with E-state index in [2.05, 4.69) is 9.97 Å². The zero-order valence-corrected chi connectivity index (χ0v) is 9.08. The molecule has 2 rings (SSSR count). The highest BCUT2D eigenvalue weighted by Crippen LogP contribution is 2.21. The van der Waals surface area contributed by atoms with E-state index >= 15 is 0 Å². The molecule has 2 aromatic rings. The van der Waals surface area contributed by atoms with Crippen molar-refractivity contribution in [2.75, 3.05) is 0 Å². The highest BCUT2D eigenvalue weighted by Gasteiger charge is 2.25. The van der Waals surface area contributed by atoms with E-state index in [-0.39, 0.29) is 0 Å². The maximum Gasteiger partial charge on any atom is 0.335 e. The van der Waals surface area contributed by atoms with Crippen molar-refractivity contribution in [3.8, 4) is 0 Å². The lowest BCUT2D eigenvalue weighted by atomic mass is 10.0. The smallest absolute Gasteiger partial charge is 0.335 e. The first-order valence-corrected chi connectivity index (χ1v) is 5.04. The van der Waals surface area contributed by atoms with E-state index in [1.165, 1.54) is 0 Å². The van der Waals surface area contributed by atoms with E-state index in [1.54, 1.807) is 25.1 Å². The summed E-state index contributed by atoms with van der Waals surface area (Å²) in [7, 11) is 0. The predicted octanol–water partition coefficient (Wildman–Crippen LogP) is 0.350. The van der Waals surface area contributed by atoms with E-state index in [0.29, 0.717) is 11.1 Å². The molecule has 2 unspecified atom stereocenters. The molecule has 6 nitrogen and oxygen atoms in total. The molecule has 4 N–H and O–H groups in total. The molecule has 0 radical (unpaired) electrons. The van der Waals surface area contributed by atoms with Crippen molar-refractivity contribution >= 4 is 17.0 Å². The van der Waals surface area contributed by atoms with Crippen LogP contribution in [0, 0.1) is 6.92 Å². The minimum atomic E-state index is -1.84. The van der Waals surface area contributed by atoms with Crippen LogP contribution in [0.15, 0.2) is 18.2 Å². The largest absolute Gasteiger partial charge is 0.479 e. The summed E-state index contributed by atoms with van der Waals surface area (Å²) >= 11 is 0. The number of carboxylic acid groups (broad SMARTS) is 1. The molecule has 0 spiro atoms. The van der Waals surface area contributed by atoms with Gasteiger partial charge in [0, 0.05) is 0 Å². The molecule has 0 saturated heterocycles. The first-order chi connectivity index (χ1) is 7.99. The number of carbonyl (C=O) groups is 1. The number of H-pyrrole nitrogens is 1. The predicted molar refractivity (Wildman–Crippen MR) is 59.4 cm³/mol. The van der Waals surface area contributed by atoms with Gasteiger partial charge in [0.05, 0.1) is 11.0 Å². The molecular weight excluding hydrogens is 224 g/mol. The van der Waals surface area contributed by atoms with Crippen molar-refractivity contribution in [2.24, 2.45) is 0 Å². The molecule has 0 amide bonds. The highest BCUT2D eigenvalue weighted by molar-refractivity contribution is 5.77. The van der Waals surface area contributed by atoms with Crippen molar-refractivity contribution in [1.29, 1.82) is 0 Å². The van der Waals surface area contributed by atoms with Crippen LogP contribution in [-0.2, 0) is 4.79 Å². The van der Waals surface area contributed by atoms with Crippen LogP contribution in [-0.4, -0.2) is 37.4 Å². The molecule has 0 bridgehead atoms. The zero-order chi connectivity index (χ0) is 12.6. The summed E-state index contributed by atoms with van der Waals surface area (Å²) in [5, 5.41) is 27.5. The maximum atomic E-state index is 10.6. The van der Waals surface area contributed by atoms with E-state index in [1.807, 2.05) is 0 Å². The lowest BCUT2D eigenvalue weighted by Crippen LogP contribution is -2.27. The summed E-state index contributed by atoms with van der Waals surface area (Å²) in [5.74, 6) is -0.733. The number of aromatic nitrogens is 2. The first kappa shape index (κ1) is 11.6. The maximum absolute atomic E-state index is 10.6. The van der Waals surface area contributed by atoms with E-state index in [0.717, 1.165) is 11.3 Å². The van der Waals surface area contributed by atoms with Gasteiger partial charge in [0.25, 0.3) is 0 Å². The molecule has 6 heteroatoms. The SMILES string of the molecule is Cc1nc2ccc(C(O)C(O)C(=O)O)cc2[nH]1. The topological polar surface area (TPSA) is 106 Å². The molecule has 0 saturated carbocycles. The number of hydrogen-bond donors (Lipinski definition) is 4. The van der Waals surface area contributed by atoms with E-state index < -0.39 is 18.2 Å². The fraction of sp³-hybridized carbons (Fsp3) is 0.273. The molecular formula is C11H12N2O4. The Labute approximate surface area is 96.5 Å². The Kier molecular flexibility index (Phi) is 2.83. The molecule has 0 fully saturated rings. The number of aliphatic hydroxyl groups is 2. The summed E-state index contributed by atoms with van der Waals surface area (Å²) < 4.78 is 0. The highest BCUT2D eigenvalue weighted by atomic mass is 16.4. The van der Waals surface area contributed by atoms with Gasteiger partial charge in [-0.3, -0.25) is 0 Å². The Balaban J connectivity index is 2.38. The van der Waals surface area contributed by atoms with Crippen LogP contribution in [0.5, 0.6) is 0 Å². The number of nitrogens with one attached hydrogen (secondary N) is 1. The standard InChI is InChI=1S/C11H12N2O4/c1-5-12-7-3-2-6(4-8(7)13-5)9(14)10(15)11(16)17/h2-4,9-10,14-15H,1H3,(H,12,13)(H,16,17). The van der Waals surface area contributed by atoms with Gasteiger partial charge in [0.2, 0.25) is 0 Å². The molecule has 0 aliphatic heterocycles. The average Bonchev–Trinajstić information content (AvgIpc) is 2.65. The van der Waals surface area contributed by atoms with Crippen LogP contribution >= 0.6 is 0 Å².